The normalized spacial score (nSPS) is 24.9. The van der Waals surface area contributed by atoms with Crippen LogP contribution in [0.5, 0.6) is 0 Å². The van der Waals surface area contributed by atoms with E-state index in [0.717, 1.165) is 26.2 Å². The Bertz CT molecular complexity index is 193. The highest BCUT2D eigenvalue weighted by atomic mass is 32.1. The molecule has 1 aliphatic rings. The number of hydrogen-bond acceptors (Lipinski definition) is 3. The van der Waals surface area contributed by atoms with Crippen molar-refractivity contribution in [1.82, 2.24) is 4.90 Å². The number of hydrogen-bond donors (Lipinski definition) is 1. The molecule has 0 amide bonds. The zero-order valence-electron chi connectivity index (χ0n) is 9.03. The fraction of sp³-hybridized carbons (Fsp3) is 0.900. The first kappa shape index (κ1) is 11.9. The lowest BCUT2D eigenvalue weighted by Crippen LogP contribution is -2.42. The summed E-state index contributed by atoms with van der Waals surface area (Å²) < 4.78 is 5.44. The van der Waals surface area contributed by atoms with Crippen LogP contribution in [0.25, 0.3) is 0 Å². The molecular formula is C10H20N2OS. The van der Waals surface area contributed by atoms with E-state index in [2.05, 4.69) is 18.9 Å². The van der Waals surface area contributed by atoms with Gasteiger partial charge in [-0.3, -0.25) is 0 Å². The van der Waals surface area contributed by atoms with Crippen molar-refractivity contribution in [2.24, 2.45) is 11.7 Å². The third kappa shape index (κ3) is 3.52. The topological polar surface area (TPSA) is 38.5 Å². The number of nitrogens with two attached hydrogens (primary N) is 1. The summed E-state index contributed by atoms with van der Waals surface area (Å²) in [5.74, 6) is 0.289. The van der Waals surface area contributed by atoms with Crippen LogP contribution in [-0.2, 0) is 4.74 Å². The summed E-state index contributed by atoms with van der Waals surface area (Å²) in [6.45, 7) is 4.77. The van der Waals surface area contributed by atoms with Gasteiger partial charge in [0.1, 0.15) is 0 Å². The molecule has 1 aliphatic heterocycles. The molecule has 0 aliphatic carbocycles. The first-order valence-electron chi connectivity index (χ1n) is 5.18. The smallest absolute Gasteiger partial charge is 0.0768 e. The van der Waals surface area contributed by atoms with E-state index in [0.29, 0.717) is 11.0 Å². The van der Waals surface area contributed by atoms with Crippen molar-refractivity contribution in [3.8, 4) is 0 Å². The number of rotatable bonds is 4. The average Bonchev–Trinajstić information content (AvgIpc) is 2.19. The van der Waals surface area contributed by atoms with E-state index in [4.69, 9.17) is 22.7 Å². The van der Waals surface area contributed by atoms with Gasteiger partial charge in [-0.05, 0) is 19.9 Å². The molecule has 4 heteroatoms. The van der Waals surface area contributed by atoms with Gasteiger partial charge in [-0.2, -0.15) is 0 Å². The molecule has 0 spiro atoms. The van der Waals surface area contributed by atoms with Gasteiger partial charge in [0, 0.05) is 25.1 Å². The fourth-order valence-electron chi connectivity index (χ4n) is 1.74. The lowest BCUT2D eigenvalue weighted by atomic mass is 10.1. The molecule has 82 valence electrons. The number of nitrogens with zero attached hydrogens (tertiary/aromatic N) is 1. The predicted molar refractivity (Wildman–Crippen MR) is 62.4 cm³/mol. The van der Waals surface area contributed by atoms with Crippen LogP contribution in [0, 0.1) is 5.92 Å². The van der Waals surface area contributed by atoms with Gasteiger partial charge in [0.2, 0.25) is 0 Å². The second-order valence-electron chi connectivity index (χ2n) is 4.11. The second-order valence-corrected chi connectivity index (χ2v) is 4.59. The van der Waals surface area contributed by atoms with Crippen LogP contribution in [-0.4, -0.2) is 42.7 Å². The Balaban J connectivity index is 2.32. The van der Waals surface area contributed by atoms with Crippen LogP contribution in [0.3, 0.4) is 0 Å². The van der Waals surface area contributed by atoms with Crippen LogP contribution >= 0.6 is 12.2 Å². The summed E-state index contributed by atoms with van der Waals surface area (Å²) in [5.41, 5.74) is 5.59. The Kier molecular flexibility index (Phi) is 4.78. The molecule has 0 saturated carbocycles. The molecule has 3 nitrogen and oxygen atoms in total. The highest BCUT2D eigenvalue weighted by Crippen LogP contribution is 2.13. The zero-order valence-corrected chi connectivity index (χ0v) is 9.85. The SMILES string of the molecule is CC(CN(C)C1CCCOC1)C(N)=S. The van der Waals surface area contributed by atoms with Crippen molar-refractivity contribution < 1.29 is 4.74 Å². The van der Waals surface area contributed by atoms with E-state index >= 15 is 0 Å². The van der Waals surface area contributed by atoms with E-state index in [9.17, 15) is 0 Å². The van der Waals surface area contributed by atoms with Crippen LogP contribution in [0.1, 0.15) is 19.8 Å². The Morgan fingerprint density at radius 1 is 1.71 bits per heavy atom. The van der Waals surface area contributed by atoms with Gasteiger partial charge in [-0.25, -0.2) is 0 Å². The lowest BCUT2D eigenvalue weighted by molar-refractivity contribution is 0.0258. The van der Waals surface area contributed by atoms with Gasteiger partial charge in [0.25, 0.3) is 0 Å². The summed E-state index contributed by atoms with van der Waals surface area (Å²) >= 11 is 4.96. The molecular weight excluding hydrogens is 196 g/mol. The van der Waals surface area contributed by atoms with Gasteiger partial charge < -0.3 is 15.4 Å². The number of likely N-dealkylation sites (N-methyl/N-ethyl adjacent to an activating group) is 1. The monoisotopic (exact) mass is 216 g/mol. The average molecular weight is 216 g/mol. The summed E-state index contributed by atoms with van der Waals surface area (Å²) in [7, 11) is 2.12. The van der Waals surface area contributed by atoms with Crippen molar-refractivity contribution in [2.45, 2.75) is 25.8 Å². The van der Waals surface area contributed by atoms with Crippen molar-refractivity contribution in [3.63, 3.8) is 0 Å². The molecule has 1 saturated heterocycles. The molecule has 0 aromatic carbocycles. The minimum atomic E-state index is 0.289. The third-order valence-corrected chi connectivity index (χ3v) is 3.21. The van der Waals surface area contributed by atoms with Crippen LogP contribution in [0.2, 0.25) is 0 Å². The molecule has 0 bridgehead atoms. The second kappa shape index (κ2) is 5.63. The molecule has 1 rings (SSSR count). The first-order chi connectivity index (χ1) is 6.61. The molecule has 0 aromatic rings. The fourth-order valence-corrected chi connectivity index (χ4v) is 1.82. The van der Waals surface area contributed by atoms with Gasteiger partial charge in [0.15, 0.2) is 0 Å². The molecule has 2 atom stereocenters. The van der Waals surface area contributed by atoms with Gasteiger partial charge in [0.05, 0.1) is 11.6 Å². The molecule has 0 aromatic heterocycles. The van der Waals surface area contributed by atoms with E-state index in [1.54, 1.807) is 0 Å². The molecule has 1 heterocycles. The molecule has 1 fully saturated rings. The number of thiocarbonyl (C=S) groups is 1. The van der Waals surface area contributed by atoms with E-state index < -0.39 is 0 Å². The molecule has 14 heavy (non-hydrogen) atoms. The maximum atomic E-state index is 5.59. The van der Waals surface area contributed by atoms with Crippen molar-refractivity contribution in [2.75, 3.05) is 26.8 Å². The van der Waals surface area contributed by atoms with Crippen molar-refractivity contribution in [3.05, 3.63) is 0 Å². The summed E-state index contributed by atoms with van der Waals surface area (Å²) in [5, 5.41) is 0. The first-order valence-corrected chi connectivity index (χ1v) is 5.59. The largest absolute Gasteiger partial charge is 0.393 e. The Hall–Kier alpha value is -0.190. The van der Waals surface area contributed by atoms with Crippen LogP contribution < -0.4 is 5.73 Å². The minimum Gasteiger partial charge on any atom is -0.393 e. The Morgan fingerprint density at radius 2 is 2.43 bits per heavy atom. The highest BCUT2D eigenvalue weighted by molar-refractivity contribution is 7.80. The molecule has 2 unspecified atom stereocenters. The van der Waals surface area contributed by atoms with Crippen LogP contribution in [0.4, 0.5) is 0 Å². The maximum absolute atomic E-state index is 5.59. The van der Waals surface area contributed by atoms with Gasteiger partial charge in [-0.1, -0.05) is 19.1 Å². The molecule has 0 radical (unpaired) electrons. The molecule has 2 N–H and O–H groups in total. The Labute approximate surface area is 91.6 Å². The number of ether oxygens (including phenoxy) is 1. The van der Waals surface area contributed by atoms with E-state index in [-0.39, 0.29) is 5.92 Å². The van der Waals surface area contributed by atoms with Crippen LogP contribution in [0.15, 0.2) is 0 Å². The maximum Gasteiger partial charge on any atom is 0.0768 e. The van der Waals surface area contributed by atoms with Gasteiger partial charge in [-0.15, -0.1) is 0 Å². The zero-order chi connectivity index (χ0) is 10.6. The van der Waals surface area contributed by atoms with E-state index in [1.165, 1.54) is 6.42 Å². The van der Waals surface area contributed by atoms with Crippen molar-refractivity contribution >= 4 is 17.2 Å². The minimum absolute atomic E-state index is 0.289. The predicted octanol–water partition coefficient (Wildman–Crippen LogP) is 1.02. The lowest BCUT2D eigenvalue weighted by Gasteiger charge is -2.32. The summed E-state index contributed by atoms with van der Waals surface area (Å²) in [6, 6.07) is 0.542. The highest BCUT2D eigenvalue weighted by Gasteiger charge is 2.20. The summed E-state index contributed by atoms with van der Waals surface area (Å²) in [4.78, 5) is 2.91. The van der Waals surface area contributed by atoms with E-state index in [1.807, 2.05) is 0 Å². The summed E-state index contributed by atoms with van der Waals surface area (Å²) in [6.07, 6.45) is 2.39. The standard InChI is InChI=1S/C10H20N2OS/c1-8(10(11)14)6-12(2)9-4-3-5-13-7-9/h8-9H,3-7H2,1-2H3,(H2,11,14). The van der Waals surface area contributed by atoms with Crippen molar-refractivity contribution in [1.29, 1.82) is 0 Å². The third-order valence-electron chi connectivity index (χ3n) is 2.81. The van der Waals surface area contributed by atoms with Gasteiger partial charge >= 0.3 is 0 Å². The quantitative estimate of drug-likeness (QED) is 0.712. The Morgan fingerprint density at radius 3 is 2.93 bits per heavy atom.